The van der Waals surface area contributed by atoms with Crippen molar-refractivity contribution in [2.24, 2.45) is 23.7 Å². The number of benzene rings is 2. The minimum Gasteiger partial charge on any atom is -0.399 e. The van der Waals surface area contributed by atoms with Crippen LogP contribution in [0.15, 0.2) is 48.5 Å². The number of anilines is 2. The highest BCUT2D eigenvalue weighted by molar-refractivity contribution is 5.99. The summed E-state index contributed by atoms with van der Waals surface area (Å²) in [6.07, 6.45) is 1.23. The lowest BCUT2D eigenvalue weighted by Gasteiger charge is -2.24. The molecule has 4 N–H and O–H groups in total. The van der Waals surface area contributed by atoms with Crippen LogP contribution in [0.1, 0.15) is 24.0 Å². The zero-order valence-corrected chi connectivity index (χ0v) is 16.7. The third kappa shape index (κ3) is 4.28. The fraction of sp³-hybridized carbons (Fsp3) is 0.304. The van der Waals surface area contributed by atoms with Gasteiger partial charge >= 0.3 is 23.9 Å². The summed E-state index contributed by atoms with van der Waals surface area (Å²) in [5.41, 5.74) is 15.4. The maximum atomic E-state index is 11.5. The van der Waals surface area contributed by atoms with Crippen LogP contribution in [0.25, 0.3) is 0 Å². The molecule has 31 heavy (non-hydrogen) atoms. The van der Waals surface area contributed by atoms with Gasteiger partial charge in [0.15, 0.2) is 0 Å². The Bertz CT molecular complexity index is 988. The van der Waals surface area contributed by atoms with E-state index in [9.17, 15) is 19.2 Å². The molecule has 3 fully saturated rings. The van der Waals surface area contributed by atoms with E-state index < -0.39 is 47.5 Å². The summed E-state index contributed by atoms with van der Waals surface area (Å²) in [7, 11) is 0. The second-order valence-corrected chi connectivity index (χ2v) is 8.04. The van der Waals surface area contributed by atoms with E-state index in [-0.39, 0.29) is 6.42 Å². The van der Waals surface area contributed by atoms with E-state index in [2.05, 4.69) is 9.47 Å². The van der Waals surface area contributed by atoms with Crippen LogP contribution in [0.2, 0.25) is 0 Å². The van der Waals surface area contributed by atoms with Gasteiger partial charge in [-0.1, -0.05) is 24.3 Å². The summed E-state index contributed by atoms with van der Waals surface area (Å²) >= 11 is 0. The highest BCUT2D eigenvalue weighted by Gasteiger charge is 2.60. The molecule has 8 heteroatoms. The Kier molecular flexibility index (Phi) is 5.46. The summed E-state index contributed by atoms with van der Waals surface area (Å²) in [6, 6.07) is 15.9. The number of nitrogens with two attached hydrogens (primary N) is 2. The quantitative estimate of drug-likeness (QED) is 0.425. The van der Waals surface area contributed by atoms with Gasteiger partial charge in [0.1, 0.15) is 0 Å². The zero-order chi connectivity index (χ0) is 22.1. The molecule has 2 aromatic carbocycles. The third-order valence-electron chi connectivity index (χ3n) is 5.98. The molecule has 3 aliphatic rings. The van der Waals surface area contributed by atoms with Crippen molar-refractivity contribution >= 4 is 35.3 Å². The number of hydrogen-bond donors (Lipinski definition) is 2. The van der Waals surface area contributed by atoms with Crippen LogP contribution in [0.5, 0.6) is 0 Å². The fourth-order valence-corrected chi connectivity index (χ4v) is 4.44. The topological polar surface area (TPSA) is 139 Å². The van der Waals surface area contributed by atoms with Crippen LogP contribution in [0.3, 0.4) is 0 Å². The van der Waals surface area contributed by atoms with E-state index in [4.69, 9.17) is 11.5 Å². The molecule has 1 aliphatic carbocycles. The lowest BCUT2D eigenvalue weighted by atomic mass is 9.83. The molecule has 2 aromatic rings. The number of cyclic esters (lactones) is 4. The van der Waals surface area contributed by atoms with Crippen LogP contribution in [-0.4, -0.2) is 23.9 Å². The smallest absolute Gasteiger partial charge is 0.317 e. The van der Waals surface area contributed by atoms with E-state index >= 15 is 0 Å². The number of esters is 4. The lowest BCUT2D eigenvalue weighted by molar-refractivity contribution is -0.174. The van der Waals surface area contributed by atoms with Crippen molar-refractivity contribution in [1.82, 2.24) is 0 Å². The highest BCUT2D eigenvalue weighted by atomic mass is 16.6. The van der Waals surface area contributed by atoms with Crippen LogP contribution in [0, 0.1) is 23.7 Å². The molecule has 160 valence electrons. The van der Waals surface area contributed by atoms with Gasteiger partial charge in [0.05, 0.1) is 24.2 Å². The average molecular weight is 422 g/mol. The predicted octanol–water partition coefficient (Wildman–Crippen LogP) is 1.85. The molecule has 0 spiro atoms. The lowest BCUT2D eigenvalue weighted by Crippen LogP contribution is -2.37. The van der Waals surface area contributed by atoms with Crippen LogP contribution in [0.4, 0.5) is 11.4 Å². The summed E-state index contributed by atoms with van der Waals surface area (Å²) in [6.45, 7) is 0. The second-order valence-electron chi connectivity index (χ2n) is 8.04. The number of carbonyl (C=O) groups is 4. The molecule has 2 bridgehead atoms. The standard InChI is InChI=1S/C13H14N2.C10H8O6/c14-12-5-1-10(2-6-12)9-11-3-7-13(15)8-4-11;11-6-2-3-4-1-5(7(3)10(14)15-6)9(13)16-8(4)12/h1-8H,9,14-15H2;3-5,7H,1-2H2. The maximum absolute atomic E-state index is 11.5. The molecule has 0 radical (unpaired) electrons. The van der Waals surface area contributed by atoms with Crippen molar-refractivity contribution in [2.75, 3.05) is 11.5 Å². The molecule has 2 heterocycles. The van der Waals surface area contributed by atoms with Crippen molar-refractivity contribution in [3.63, 3.8) is 0 Å². The summed E-state index contributed by atoms with van der Waals surface area (Å²) in [5, 5.41) is 0. The second kappa shape index (κ2) is 8.22. The molecule has 4 atom stereocenters. The SMILES string of the molecule is Nc1ccc(Cc2ccc(N)cc2)cc1.O=C1CC2C3CC(C(=O)OC3=O)C2C(=O)O1. The van der Waals surface area contributed by atoms with Crippen molar-refractivity contribution in [1.29, 1.82) is 0 Å². The first-order chi connectivity index (χ1) is 14.8. The molecule has 2 saturated heterocycles. The largest absolute Gasteiger partial charge is 0.399 e. The molecule has 1 saturated carbocycles. The molecular weight excluding hydrogens is 400 g/mol. The minimum atomic E-state index is -0.694. The number of carbonyl (C=O) groups excluding carboxylic acids is 4. The van der Waals surface area contributed by atoms with Gasteiger partial charge in [-0.3, -0.25) is 19.2 Å². The van der Waals surface area contributed by atoms with Gasteiger partial charge in [0, 0.05) is 11.4 Å². The van der Waals surface area contributed by atoms with E-state index in [0.717, 1.165) is 17.8 Å². The molecule has 4 unspecified atom stereocenters. The Labute approximate surface area is 178 Å². The molecule has 0 aromatic heterocycles. The molecular formula is C23H22N2O6. The third-order valence-corrected chi connectivity index (χ3v) is 5.98. The van der Waals surface area contributed by atoms with Gasteiger partial charge < -0.3 is 20.9 Å². The van der Waals surface area contributed by atoms with Gasteiger partial charge in [-0.05, 0) is 54.2 Å². The van der Waals surface area contributed by atoms with Crippen molar-refractivity contribution in [3.8, 4) is 0 Å². The Morgan fingerprint density at radius 2 is 1.23 bits per heavy atom. The van der Waals surface area contributed by atoms with Gasteiger partial charge in [-0.25, -0.2) is 0 Å². The highest BCUT2D eigenvalue weighted by Crippen LogP contribution is 2.49. The van der Waals surface area contributed by atoms with Crippen molar-refractivity contribution < 1.29 is 28.7 Å². The number of nitrogen functional groups attached to an aromatic ring is 2. The summed E-state index contributed by atoms with van der Waals surface area (Å²) < 4.78 is 9.05. The van der Waals surface area contributed by atoms with Gasteiger partial charge in [-0.2, -0.15) is 0 Å². The minimum absolute atomic E-state index is 0.0138. The zero-order valence-electron chi connectivity index (χ0n) is 16.7. The van der Waals surface area contributed by atoms with Gasteiger partial charge in [0.25, 0.3) is 0 Å². The van der Waals surface area contributed by atoms with Crippen molar-refractivity contribution in [3.05, 3.63) is 59.7 Å². The van der Waals surface area contributed by atoms with E-state index in [1.165, 1.54) is 11.1 Å². The van der Waals surface area contributed by atoms with E-state index in [1.54, 1.807) is 0 Å². The van der Waals surface area contributed by atoms with Crippen LogP contribution >= 0.6 is 0 Å². The number of rotatable bonds is 2. The number of fused-ring (bicyclic) bond motifs is 5. The Hall–Kier alpha value is -3.68. The Morgan fingerprint density at radius 3 is 1.77 bits per heavy atom. The normalized spacial score (nSPS) is 26.3. The first kappa shape index (κ1) is 20.6. The predicted molar refractivity (Wildman–Crippen MR) is 110 cm³/mol. The van der Waals surface area contributed by atoms with Crippen molar-refractivity contribution in [2.45, 2.75) is 19.3 Å². The van der Waals surface area contributed by atoms with Gasteiger partial charge in [0.2, 0.25) is 0 Å². The number of ether oxygens (including phenoxy) is 2. The maximum Gasteiger partial charge on any atom is 0.317 e. The molecule has 0 amide bonds. The Balaban J connectivity index is 0.000000150. The van der Waals surface area contributed by atoms with E-state index in [1.807, 2.05) is 48.5 Å². The Morgan fingerprint density at radius 1 is 0.710 bits per heavy atom. The first-order valence-corrected chi connectivity index (χ1v) is 10.0. The molecule has 8 nitrogen and oxygen atoms in total. The molecule has 5 rings (SSSR count). The number of hydrogen-bond acceptors (Lipinski definition) is 8. The van der Waals surface area contributed by atoms with E-state index in [0.29, 0.717) is 6.42 Å². The summed E-state index contributed by atoms with van der Waals surface area (Å²) in [4.78, 5) is 45.5. The average Bonchev–Trinajstić information content (AvgIpc) is 3.07. The van der Waals surface area contributed by atoms with Crippen LogP contribution < -0.4 is 11.5 Å². The molecule has 2 aliphatic heterocycles. The summed E-state index contributed by atoms with van der Waals surface area (Å²) in [5.74, 6) is -4.83. The first-order valence-electron chi connectivity index (χ1n) is 10.0. The monoisotopic (exact) mass is 422 g/mol. The van der Waals surface area contributed by atoms with Crippen LogP contribution in [-0.2, 0) is 35.1 Å². The van der Waals surface area contributed by atoms with Gasteiger partial charge in [-0.15, -0.1) is 0 Å². The fourth-order valence-electron chi connectivity index (χ4n) is 4.44.